The van der Waals surface area contributed by atoms with Gasteiger partial charge < -0.3 is 15.7 Å². The highest BCUT2D eigenvalue weighted by atomic mass is 16.4. The Labute approximate surface area is 107 Å². The molecule has 5 nitrogen and oxygen atoms in total. The number of carboxylic acid groups (broad SMARTS) is 1. The first-order valence-corrected chi connectivity index (χ1v) is 6.86. The molecule has 0 bridgehead atoms. The minimum Gasteiger partial charge on any atom is -0.481 e. The average Bonchev–Trinajstić information content (AvgIpc) is 2.87. The van der Waals surface area contributed by atoms with Crippen LogP contribution in [0.1, 0.15) is 38.5 Å². The molecule has 5 heteroatoms. The fourth-order valence-corrected chi connectivity index (χ4v) is 2.99. The Balaban J connectivity index is 1.85. The molecule has 0 radical (unpaired) electrons. The first-order valence-electron chi connectivity index (χ1n) is 6.86. The molecule has 1 atom stereocenters. The molecule has 1 aliphatic heterocycles. The third-order valence-corrected chi connectivity index (χ3v) is 4.28. The molecule has 2 fully saturated rings. The van der Waals surface area contributed by atoms with Crippen molar-refractivity contribution in [3.63, 3.8) is 0 Å². The zero-order chi connectivity index (χ0) is 13.0. The highest BCUT2D eigenvalue weighted by Crippen LogP contribution is 2.37. The quantitative estimate of drug-likeness (QED) is 0.691. The Bertz CT molecular complexity index is 318. The van der Waals surface area contributed by atoms with E-state index >= 15 is 0 Å². The molecule has 1 amide bonds. The van der Waals surface area contributed by atoms with Crippen molar-refractivity contribution in [2.75, 3.05) is 19.6 Å². The smallest absolute Gasteiger partial charge is 0.311 e. The number of hydrogen-bond acceptors (Lipinski definition) is 3. The maximum absolute atomic E-state index is 12.0. The number of aliphatic carboxylic acids is 1. The van der Waals surface area contributed by atoms with E-state index in [0.717, 1.165) is 32.2 Å². The van der Waals surface area contributed by atoms with E-state index in [9.17, 15) is 14.7 Å². The van der Waals surface area contributed by atoms with Gasteiger partial charge in [0.15, 0.2) is 0 Å². The lowest BCUT2D eigenvalue weighted by Crippen LogP contribution is -2.46. The zero-order valence-electron chi connectivity index (χ0n) is 10.7. The highest BCUT2D eigenvalue weighted by Gasteiger charge is 2.41. The summed E-state index contributed by atoms with van der Waals surface area (Å²) in [5.41, 5.74) is -0.711. The summed E-state index contributed by atoms with van der Waals surface area (Å²) in [6.45, 7) is 1.98. The Hall–Kier alpha value is -1.10. The number of carbonyl (C=O) groups is 2. The molecule has 0 aromatic rings. The predicted molar refractivity (Wildman–Crippen MR) is 67.1 cm³/mol. The molecule has 0 aromatic carbocycles. The van der Waals surface area contributed by atoms with Crippen molar-refractivity contribution in [2.45, 2.75) is 38.5 Å². The van der Waals surface area contributed by atoms with Crippen molar-refractivity contribution in [2.24, 2.45) is 11.3 Å². The monoisotopic (exact) mass is 254 g/mol. The highest BCUT2D eigenvalue weighted by molar-refractivity contribution is 5.81. The number of nitrogens with one attached hydrogen (secondary N) is 2. The van der Waals surface area contributed by atoms with Crippen LogP contribution in [0, 0.1) is 11.3 Å². The molecule has 1 saturated heterocycles. The summed E-state index contributed by atoms with van der Waals surface area (Å²) in [7, 11) is 0. The lowest BCUT2D eigenvalue weighted by Gasteiger charge is -2.27. The second-order valence-electron chi connectivity index (χ2n) is 5.55. The van der Waals surface area contributed by atoms with Crippen LogP contribution in [0.3, 0.4) is 0 Å². The summed E-state index contributed by atoms with van der Waals surface area (Å²) in [4.78, 5) is 23.3. The Morgan fingerprint density at radius 2 is 2.00 bits per heavy atom. The van der Waals surface area contributed by atoms with Gasteiger partial charge in [0, 0.05) is 13.1 Å². The molecule has 1 saturated carbocycles. The van der Waals surface area contributed by atoms with Gasteiger partial charge in [-0.25, -0.2) is 0 Å². The molecular formula is C13H22N2O3. The number of carbonyl (C=O) groups excluding carboxylic acids is 1. The van der Waals surface area contributed by atoms with E-state index < -0.39 is 11.4 Å². The van der Waals surface area contributed by atoms with Crippen LogP contribution >= 0.6 is 0 Å². The van der Waals surface area contributed by atoms with Gasteiger partial charge in [0.2, 0.25) is 5.91 Å². The largest absolute Gasteiger partial charge is 0.481 e. The van der Waals surface area contributed by atoms with Gasteiger partial charge in [0.1, 0.15) is 0 Å². The van der Waals surface area contributed by atoms with Gasteiger partial charge in [-0.1, -0.05) is 12.8 Å². The SMILES string of the molecule is O=C(NCC1(C(=O)O)CCCC1)C1CCCNC1. The minimum absolute atomic E-state index is 0.00555. The van der Waals surface area contributed by atoms with Crippen LogP contribution in [-0.2, 0) is 9.59 Å². The first kappa shape index (κ1) is 13.3. The lowest BCUT2D eigenvalue weighted by atomic mass is 9.86. The van der Waals surface area contributed by atoms with Crippen LogP contribution < -0.4 is 10.6 Å². The maximum atomic E-state index is 12.0. The number of carboxylic acids is 1. The molecule has 2 aliphatic rings. The van der Waals surface area contributed by atoms with Crippen molar-refractivity contribution in [1.82, 2.24) is 10.6 Å². The number of hydrogen-bond donors (Lipinski definition) is 3. The van der Waals surface area contributed by atoms with Gasteiger partial charge in [-0.05, 0) is 32.2 Å². The topological polar surface area (TPSA) is 78.4 Å². The second-order valence-corrected chi connectivity index (χ2v) is 5.55. The summed E-state index contributed by atoms with van der Waals surface area (Å²) >= 11 is 0. The van der Waals surface area contributed by atoms with E-state index in [2.05, 4.69) is 10.6 Å². The van der Waals surface area contributed by atoms with Crippen molar-refractivity contribution >= 4 is 11.9 Å². The molecule has 0 spiro atoms. The van der Waals surface area contributed by atoms with Crippen LogP contribution in [0.2, 0.25) is 0 Å². The van der Waals surface area contributed by atoms with E-state index in [1.54, 1.807) is 0 Å². The molecule has 2 rings (SSSR count). The van der Waals surface area contributed by atoms with Gasteiger partial charge in [-0.2, -0.15) is 0 Å². The lowest BCUT2D eigenvalue weighted by molar-refractivity contribution is -0.148. The van der Waals surface area contributed by atoms with Crippen LogP contribution in [0.4, 0.5) is 0 Å². The molecule has 102 valence electrons. The Morgan fingerprint density at radius 3 is 2.56 bits per heavy atom. The number of rotatable bonds is 4. The average molecular weight is 254 g/mol. The van der Waals surface area contributed by atoms with Gasteiger partial charge in [0.05, 0.1) is 11.3 Å². The summed E-state index contributed by atoms with van der Waals surface area (Å²) in [5.74, 6) is -0.747. The zero-order valence-corrected chi connectivity index (χ0v) is 10.7. The van der Waals surface area contributed by atoms with Crippen LogP contribution in [0.15, 0.2) is 0 Å². The van der Waals surface area contributed by atoms with Crippen LogP contribution in [0.5, 0.6) is 0 Å². The fraction of sp³-hybridized carbons (Fsp3) is 0.846. The summed E-state index contributed by atoms with van der Waals surface area (Å²) < 4.78 is 0. The fourth-order valence-electron chi connectivity index (χ4n) is 2.99. The summed E-state index contributed by atoms with van der Waals surface area (Å²) in [6.07, 6.45) is 5.19. The molecule has 1 unspecified atom stereocenters. The van der Waals surface area contributed by atoms with E-state index in [4.69, 9.17) is 0 Å². The Morgan fingerprint density at radius 1 is 1.28 bits per heavy atom. The molecule has 3 N–H and O–H groups in total. The van der Waals surface area contributed by atoms with Crippen molar-refractivity contribution in [3.05, 3.63) is 0 Å². The number of piperidine rings is 1. The van der Waals surface area contributed by atoms with Crippen molar-refractivity contribution < 1.29 is 14.7 Å². The van der Waals surface area contributed by atoms with Gasteiger partial charge in [-0.3, -0.25) is 9.59 Å². The van der Waals surface area contributed by atoms with E-state index in [1.807, 2.05) is 0 Å². The normalized spacial score (nSPS) is 26.8. The standard InChI is InChI=1S/C13H22N2O3/c16-11(10-4-3-7-14-8-10)15-9-13(12(17)18)5-1-2-6-13/h10,14H,1-9H2,(H,15,16)(H,17,18). The summed E-state index contributed by atoms with van der Waals surface area (Å²) in [5, 5.41) is 15.4. The van der Waals surface area contributed by atoms with Gasteiger partial charge >= 0.3 is 5.97 Å². The minimum atomic E-state index is -0.762. The van der Waals surface area contributed by atoms with Crippen LogP contribution in [-0.4, -0.2) is 36.6 Å². The molecular weight excluding hydrogens is 232 g/mol. The number of amides is 1. The second kappa shape index (κ2) is 5.69. The molecule has 1 heterocycles. The van der Waals surface area contributed by atoms with Crippen molar-refractivity contribution in [1.29, 1.82) is 0 Å². The van der Waals surface area contributed by atoms with Gasteiger partial charge in [0.25, 0.3) is 0 Å². The third-order valence-electron chi connectivity index (χ3n) is 4.28. The Kier molecular flexibility index (Phi) is 4.22. The van der Waals surface area contributed by atoms with E-state index in [0.29, 0.717) is 19.4 Å². The van der Waals surface area contributed by atoms with Crippen molar-refractivity contribution in [3.8, 4) is 0 Å². The van der Waals surface area contributed by atoms with Gasteiger partial charge in [-0.15, -0.1) is 0 Å². The molecule has 18 heavy (non-hydrogen) atoms. The maximum Gasteiger partial charge on any atom is 0.311 e. The molecule has 0 aromatic heterocycles. The summed E-state index contributed by atoms with van der Waals surface area (Å²) in [6, 6.07) is 0. The third kappa shape index (κ3) is 2.83. The van der Waals surface area contributed by atoms with Crippen LogP contribution in [0.25, 0.3) is 0 Å². The van der Waals surface area contributed by atoms with E-state index in [-0.39, 0.29) is 18.4 Å². The first-order chi connectivity index (χ1) is 8.64. The van der Waals surface area contributed by atoms with E-state index in [1.165, 1.54) is 0 Å². The molecule has 1 aliphatic carbocycles. The predicted octanol–water partition coefficient (Wildman–Crippen LogP) is 0.747.